The molecule has 0 bridgehead atoms. The van der Waals surface area contributed by atoms with E-state index in [4.69, 9.17) is 9.84 Å². The zero-order chi connectivity index (χ0) is 11.9. The lowest BCUT2D eigenvalue weighted by Gasteiger charge is -2.19. The molecule has 4 nitrogen and oxygen atoms in total. The van der Waals surface area contributed by atoms with Gasteiger partial charge in [-0.2, -0.15) is 0 Å². The van der Waals surface area contributed by atoms with Gasteiger partial charge < -0.3 is 15.2 Å². The Morgan fingerprint density at radius 3 is 2.60 bits per heavy atom. The fraction of sp³-hybridized carbons (Fsp3) is 0.700. The molecule has 5 heteroatoms. The number of amides is 1. The van der Waals surface area contributed by atoms with Crippen LogP contribution in [0.4, 0.5) is 9.18 Å². The average molecular weight is 219 g/mol. The van der Waals surface area contributed by atoms with Gasteiger partial charge in [0, 0.05) is 19.6 Å². The van der Waals surface area contributed by atoms with Crippen LogP contribution in [-0.2, 0) is 4.74 Å². The first-order chi connectivity index (χ1) is 6.85. The highest BCUT2D eigenvalue weighted by Gasteiger charge is 2.15. The van der Waals surface area contributed by atoms with E-state index in [1.165, 1.54) is 6.08 Å². The Morgan fingerprint density at radius 2 is 2.13 bits per heavy atom. The van der Waals surface area contributed by atoms with Crippen molar-refractivity contribution in [1.29, 1.82) is 0 Å². The molecule has 0 spiro atoms. The van der Waals surface area contributed by atoms with Gasteiger partial charge in [-0.3, -0.25) is 0 Å². The minimum Gasteiger partial charge on any atom is -0.444 e. The summed E-state index contributed by atoms with van der Waals surface area (Å²) in [4.78, 5) is 11.1. The third-order valence-corrected chi connectivity index (χ3v) is 1.32. The van der Waals surface area contributed by atoms with Crippen molar-refractivity contribution in [1.82, 2.24) is 5.32 Å². The van der Waals surface area contributed by atoms with Crippen molar-refractivity contribution >= 4 is 6.09 Å². The molecule has 2 N–H and O–H groups in total. The molecule has 0 rings (SSSR count). The summed E-state index contributed by atoms with van der Waals surface area (Å²) >= 11 is 0. The van der Waals surface area contributed by atoms with E-state index in [-0.39, 0.29) is 19.6 Å². The summed E-state index contributed by atoms with van der Waals surface area (Å²) in [7, 11) is 0. The first-order valence-corrected chi connectivity index (χ1v) is 4.77. The molecule has 0 aliphatic rings. The average Bonchev–Trinajstić information content (AvgIpc) is 2.00. The molecule has 0 aromatic heterocycles. The summed E-state index contributed by atoms with van der Waals surface area (Å²) in [6, 6.07) is 0. The van der Waals surface area contributed by atoms with Crippen LogP contribution in [0.5, 0.6) is 0 Å². The van der Waals surface area contributed by atoms with Gasteiger partial charge in [0.25, 0.3) is 0 Å². The molecule has 0 aliphatic carbocycles. The highest BCUT2D eigenvalue weighted by atomic mass is 19.1. The summed E-state index contributed by atoms with van der Waals surface area (Å²) in [6.07, 6.45) is 0.575. The third-order valence-electron chi connectivity index (χ3n) is 1.32. The van der Waals surface area contributed by atoms with E-state index in [9.17, 15) is 9.18 Å². The Labute approximate surface area is 89.1 Å². The summed E-state index contributed by atoms with van der Waals surface area (Å²) in [5, 5.41) is 10.8. The second-order valence-electron chi connectivity index (χ2n) is 4.01. The molecule has 0 aromatic rings. The topological polar surface area (TPSA) is 58.6 Å². The first kappa shape index (κ1) is 13.9. The minimum atomic E-state index is -0.587. The Kier molecular flexibility index (Phi) is 5.93. The lowest BCUT2D eigenvalue weighted by Crippen LogP contribution is -2.32. The number of ether oxygens (including phenoxy) is 1. The number of aliphatic hydroxyl groups excluding tert-OH is 1. The summed E-state index contributed by atoms with van der Waals surface area (Å²) in [5.74, 6) is -0.450. The molecule has 0 radical (unpaired) electrons. The summed E-state index contributed by atoms with van der Waals surface area (Å²) in [6.45, 7) is 5.05. The quantitative estimate of drug-likeness (QED) is 0.757. The number of rotatable bonds is 4. The predicted molar refractivity (Wildman–Crippen MR) is 55.1 cm³/mol. The number of hydrogen-bond acceptors (Lipinski definition) is 3. The van der Waals surface area contributed by atoms with Gasteiger partial charge in [-0.15, -0.1) is 0 Å². The fourth-order valence-electron chi connectivity index (χ4n) is 0.768. The van der Waals surface area contributed by atoms with Gasteiger partial charge in [-0.25, -0.2) is 9.18 Å². The lowest BCUT2D eigenvalue weighted by molar-refractivity contribution is 0.0534. The molecule has 0 fully saturated rings. The van der Waals surface area contributed by atoms with Gasteiger partial charge in [0.1, 0.15) is 5.60 Å². The summed E-state index contributed by atoms with van der Waals surface area (Å²) in [5.41, 5.74) is -0.558. The number of halogens is 1. The van der Waals surface area contributed by atoms with Crippen LogP contribution in [0.3, 0.4) is 0 Å². The number of carbonyl (C=O) groups is 1. The maximum Gasteiger partial charge on any atom is 0.407 e. The van der Waals surface area contributed by atoms with E-state index >= 15 is 0 Å². The number of nitrogens with one attached hydrogen (secondary N) is 1. The van der Waals surface area contributed by atoms with E-state index in [1.54, 1.807) is 20.8 Å². The van der Waals surface area contributed by atoms with Crippen LogP contribution in [-0.4, -0.2) is 30.0 Å². The van der Waals surface area contributed by atoms with E-state index in [0.717, 1.165) is 0 Å². The molecule has 0 aromatic carbocycles. The van der Waals surface area contributed by atoms with Crippen molar-refractivity contribution in [2.45, 2.75) is 32.8 Å². The van der Waals surface area contributed by atoms with Crippen molar-refractivity contribution < 1.29 is 19.0 Å². The minimum absolute atomic E-state index is 0.0317. The highest BCUT2D eigenvalue weighted by molar-refractivity contribution is 5.67. The maximum atomic E-state index is 12.7. The molecule has 88 valence electrons. The normalized spacial score (nSPS) is 12.5. The Morgan fingerprint density at radius 1 is 1.53 bits per heavy atom. The molecule has 15 heavy (non-hydrogen) atoms. The third kappa shape index (κ3) is 9.21. The molecular formula is C10H18FNO3. The SMILES string of the molecule is CC(C)(C)OC(=O)NCC=C(F)CCO. The largest absolute Gasteiger partial charge is 0.444 e. The number of aliphatic hydroxyl groups is 1. The lowest BCUT2D eigenvalue weighted by atomic mass is 10.2. The fourth-order valence-corrected chi connectivity index (χ4v) is 0.768. The number of carbonyl (C=O) groups excluding carboxylic acids is 1. The summed E-state index contributed by atoms with van der Waals surface area (Å²) < 4.78 is 17.6. The van der Waals surface area contributed by atoms with Crippen molar-refractivity contribution in [3.63, 3.8) is 0 Å². The van der Waals surface area contributed by atoms with E-state index in [0.29, 0.717) is 0 Å². The molecule has 0 unspecified atom stereocenters. The molecule has 0 saturated heterocycles. The second-order valence-corrected chi connectivity index (χ2v) is 4.01. The van der Waals surface area contributed by atoms with Crippen molar-refractivity contribution in [3.05, 3.63) is 11.9 Å². The Balaban J connectivity index is 3.77. The van der Waals surface area contributed by atoms with Crippen LogP contribution >= 0.6 is 0 Å². The van der Waals surface area contributed by atoms with Gasteiger partial charge in [-0.1, -0.05) is 0 Å². The van der Waals surface area contributed by atoms with Crippen LogP contribution in [0.15, 0.2) is 11.9 Å². The standard InChI is InChI=1S/C10H18FNO3/c1-10(2,3)15-9(14)12-6-4-8(11)5-7-13/h4,13H,5-7H2,1-3H3,(H,12,14). The van der Waals surface area contributed by atoms with Crippen LogP contribution < -0.4 is 5.32 Å². The van der Waals surface area contributed by atoms with E-state index in [1.807, 2.05) is 0 Å². The van der Waals surface area contributed by atoms with Crippen LogP contribution in [0.2, 0.25) is 0 Å². The monoisotopic (exact) mass is 219 g/mol. The van der Waals surface area contributed by atoms with Gasteiger partial charge in [0.2, 0.25) is 0 Å². The van der Waals surface area contributed by atoms with Crippen molar-refractivity contribution in [2.24, 2.45) is 0 Å². The van der Waals surface area contributed by atoms with Crippen LogP contribution in [0, 0.1) is 0 Å². The van der Waals surface area contributed by atoms with Gasteiger partial charge >= 0.3 is 6.09 Å². The molecule has 0 aliphatic heterocycles. The number of hydrogen-bond donors (Lipinski definition) is 2. The highest BCUT2D eigenvalue weighted by Crippen LogP contribution is 2.06. The first-order valence-electron chi connectivity index (χ1n) is 4.77. The molecule has 0 atom stereocenters. The molecule has 0 heterocycles. The molecule has 1 amide bonds. The second kappa shape index (κ2) is 6.40. The predicted octanol–water partition coefficient (Wildman–Crippen LogP) is 1.75. The van der Waals surface area contributed by atoms with E-state index < -0.39 is 17.5 Å². The Hall–Kier alpha value is -1.10. The van der Waals surface area contributed by atoms with Gasteiger partial charge in [-0.05, 0) is 26.8 Å². The number of alkyl carbamates (subject to hydrolysis) is 1. The van der Waals surface area contributed by atoms with Crippen molar-refractivity contribution in [2.75, 3.05) is 13.2 Å². The van der Waals surface area contributed by atoms with Crippen LogP contribution in [0.1, 0.15) is 27.2 Å². The van der Waals surface area contributed by atoms with Crippen LogP contribution in [0.25, 0.3) is 0 Å². The van der Waals surface area contributed by atoms with Gasteiger partial charge in [0.15, 0.2) is 0 Å². The molecule has 0 saturated carbocycles. The van der Waals surface area contributed by atoms with E-state index in [2.05, 4.69) is 5.32 Å². The Bertz CT molecular complexity index is 233. The smallest absolute Gasteiger partial charge is 0.407 e. The molecular weight excluding hydrogens is 201 g/mol. The van der Waals surface area contributed by atoms with Crippen molar-refractivity contribution in [3.8, 4) is 0 Å². The zero-order valence-corrected chi connectivity index (χ0v) is 9.34. The van der Waals surface area contributed by atoms with Gasteiger partial charge in [0.05, 0.1) is 5.83 Å². The maximum absolute atomic E-state index is 12.7. The zero-order valence-electron chi connectivity index (χ0n) is 9.34.